The number of primary amides is 1. The second-order valence-corrected chi connectivity index (χ2v) is 8.39. The average Bonchev–Trinajstić information content (AvgIpc) is 3.16. The molecule has 3 aromatic rings. The van der Waals surface area contributed by atoms with E-state index < -0.39 is 17.8 Å². The molecular weight excluding hydrogens is 494 g/mol. The summed E-state index contributed by atoms with van der Waals surface area (Å²) >= 11 is 18.0. The molecule has 3 amide bonds. The van der Waals surface area contributed by atoms with Crippen LogP contribution in [0.4, 0.5) is 14.9 Å². The number of carbonyl (C=O) groups is 2. The molecule has 1 aromatic heterocycles. The first-order valence-corrected chi connectivity index (χ1v) is 10.6. The van der Waals surface area contributed by atoms with Crippen molar-refractivity contribution in [1.29, 1.82) is 5.26 Å². The predicted molar refractivity (Wildman–Crippen MR) is 122 cm³/mol. The van der Waals surface area contributed by atoms with E-state index in [1.54, 1.807) is 4.68 Å². The van der Waals surface area contributed by atoms with E-state index in [1.807, 2.05) is 6.07 Å². The molecule has 0 saturated carbocycles. The number of hydrogen-bond donors (Lipinski definition) is 2. The number of fused-ring (bicyclic) bond motifs is 1. The van der Waals surface area contributed by atoms with Gasteiger partial charge in [0.05, 0.1) is 45.0 Å². The fourth-order valence-corrected chi connectivity index (χ4v) is 4.23. The molecule has 0 saturated heterocycles. The Morgan fingerprint density at radius 3 is 2.42 bits per heavy atom. The summed E-state index contributed by atoms with van der Waals surface area (Å²) in [6.07, 6.45) is 0. The minimum absolute atomic E-state index is 0.0435. The van der Waals surface area contributed by atoms with Gasteiger partial charge in [-0.3, -0.25) is 9.48 Å². The van der Waals surface area contributed by atoms with Crippen LogP contribution in [-0.2, 0) is 13.1 Å². The van der Waals surface area contributed by atoms with Crippen molar-refractivity contribution in [1.82, 2.24) is 14.7 Å². The lowest BCUT2D eigenvalue weighted by atomic mass is 10.0. The van der Waals surface area contributed by atoms with Gasteiger partial charge in [0.25, 0.3) is 5.91 Å². The number of nitrogens with zero attached hydrogens (tertiary/aromatic N) is 4. The number of benzene rings is 2. The topological polar surface area (TPSA) is 117 Å². The Kier molecular flexibility index (Phi) is 6.17. The van der Waals surface area contributed by atoms with Gasteiger partial charge in [0.15, 0.2) is 5.82 Å². The lowest BCUT2D eigenvalue weighted by molar-refractivity contribution is 0.102. The van der Waals surface area contributed by atoms with Crippen molar-refractivity contribution in [3.63, 3.8) is 0 Å². The van der Waals surface area contributed by atoms with Crippen LogP contribution in [0.15, 0.2) is 30.3 Å². The summed E-state index contributed by atoms with van der Waals surface area (Å²) in [7, 11) is 0. The maximum Gasteiger partial charge on any atom is 0.315 e. The van der Waals surface area contributed by atoms with Crippen LogP contribution in [-0.4, -0.2) is 33.2 Å². The Hall–Kier alpha value is -3.32. The molecule has 3 N–H and O–H groups in total. The molecule has 0 bridgehead atoms. The fraction of sp³-hybridized carbons (Fsp3) is 0.143. The van der Waals surface area contributed by atoms with E-state index in [9.17, 15) is 14.0 Å². The van der Waals surface area contributed by atoms with Crippen LogP contribution in [0.2, 0.25) is 15.1 Å². The normalized spacial score (nSPS) is 12.8. The van der Waals surface area contributed by atoms with Gasteiger partial charge in [-0.25, -0.2) is 9.18 Å². The molecule has 0 spiro atoms. The highest BCUT2D eigenvalue weighted by Gasteiger charge is 2.30. The number of nitrogens with one attached hydrogen (secondary N) is 1. The highest BCUT2D eigenvalue weighted by atomic mass is 35.5. The number of anilines is 1. The first kappa shape index (κ1) is 22.9. The highest BCUT2D eigenvalue weighted by Crippen LogP contribution is 2.34. The highest BCUT2D eigenvalue weighted by molar-refractivity contribution is 6.35. The molecule has 168 valence electrons. The molecule has 33 heavy (non-hydrogen) atoms. The van der Waals surface area contributed by atoms with Crippen molar-refractivity contribution in [2.24, 2.45) is 5.73 Å². The first-order valence-electron chi connectivity index (χ1n) is 9.49. The third-order valence-electron chi connectivity index (χ3n) is 5.12. The molecule has 0 fully saturated rings. The molecule has 2 heterocycles. The molecule has 0 unspecified atom stereocenters. The van der Waals surface area contributed by atoms with E-state index in [0.29, 0.717) is 30.0 Å². The Bertz CT molecular complexity index is 1330. The third-order valence-corrected chi connectivity index (χ3v) is 5.99. The zero-order valence-electron chi connectivity index (χ0n) is 16.7. The molecule has 0 radical (unpaired) electrons. The summed E-state index contributed by atoms with van der Waals surface area (Å²) in [5, 5.41) is 16.0. The number of nitrogens with two attached hydrogens (primary N) is 1. The molecule has 8 nitrogen and oxygen atoms in total. The van der Waals surface area contributed by atoms with Gasteiger partial charge in [0, 0.05) is 17.8 Å². The summed E-state index contributed by atoms with van der Waals surface area (Å²) in [6.45, 7) is 0.645. The molecule has 4 rings (SSSR count). The van der Waals surface area contributed by atoms with Crippen LogP contribution >= 0.6 is 34.8 Å². The monoisotopic (exact) mass is 506 g/mol. The number of aromatic nitrogens is 2. The lowest BCUT2D eigenvalue weighted by Crippen LogP contribution is -2.42. The van der Waals surface area contributed by atoms with Crippen molar-refractivity contribution in [3.8, 4) is 17.3 Å². The van der Waals surface area contributed by atoms with Crippen LogP contribution in [0.5, 0.6) is 0 Å². The lowest BCUT2D eigenvalue weighted by Gasteiger charge is -2.26. The summed E-state index contributed by atoms with van der Waals surface area (Å²) in [4.78, 5) is 26.5. The molecule has 1 aliphatic heterocycles. The van der Waals surface area contributed by atoms with Gasteiger partial charge in [0.1, 0.15) is 11.8 Å². The van der Waals surface area contributed by atoms with Crippen LogP contribution in [0.25, 0.3) is 11.3 Å². The van der Waals surface area contributed by atoms with Gasteiger partial charge >= 0.3 is 6.03 Å². The molecule has 12 heteroatoms. The van der Waals surface area contributed by atoms with E-state index in [2.05, 4.69) is 10.4 Å². The second-order valence-electron chi connectivity index (χ2n) is 7.17. The number of hydrogen-bond acceptors (Lipinski definition) is 4. The van der Waals surface area contributed by atoms with E-state index in [0.717, 1.165) is 0 Å². The fourth-order valence-electron chi connectivity index (χ4n) is 3.52. The van der Waals surface area contributed by atoms with Crippen molar-refractivity contribution >= 4 is 52.4 Å². The standard InChI is InChI=1S/C21H14Cl3FN6O2/c22-13-7-12(2-1-10(13)8-26)28-20(32)17-16-9-30(21(27)33)3-4-31(16)29-19(17)11-5-14(23)18(25)15(24)6-11/h1-2,5-7H,3-4,9H2,(H2,27,33)(H,28,32). The van der Waals surface area contributed by atoms with Gasteiger partial charge in [-0.1, -0.05) is 34.8 Å². The minimum Gasteiger partial charge on any atom is -0.351 e. The van der Waals surface area contributed by atoms with Gasteiger partial charge in [0.2, 0.25) is 0 Å². The second kappa shape index (κ2) is 8.90. The van der Waals surface area contributed by atoms with Gasteiger partial charge in [-0.05, 0) is 30.3 Å². The van der Waals surface area contributed by atoms with E-state index in [1.165, 1.54) is 35.2 Å². The zero-order valence-corrected chi connectivity index (χ0v) is 19.0. The number of amides is 3. The van der Waals surface area contributed by atoms with Gasteiger partial charge < -0.3 is 16.0 Å². The van der Waals surface area contributed by atoms with Crippen molar-refractivity contribution < 1.29 is 14.0 Å². The number of halogens is 4. The third kappa shape index (κ3) is 4.33. The average molecular weight is 508 g/mol. The summed E-state index contributed by atoms with van der Waals surface area (Å²) in [5.41, 5.74) is 7.13. The first-order chi connectivity index (χ1) is 15.7. The van der Waals surface area contributed by atoms with Crippen molar-refractivity contribution in [2.75, 3.05) is 11.9 Å². The predicted octanol–water partition coefficient (Wildman–Crippen LogP) is 4.67. The summed E-state index contributed by atoms with van der Waals surface area (Å²) in [6, 6.07) is 8.38. The number of rotatable bonds is 3. The molecule has 1 aliphatic rings. The minimum atomic E-state index is -0.788. The summed E-state index contributed by atoms with van der Waals surface area (Å²) in [5.74, 6) is -1.35. The Morgan fingerprint density at radius 1 is 1.12 bits per heavy atom. The maximum absolute atomic E-state index is 14.0. The van der Waals surface area contributed by atoms with E-state index in [4.69, 9.17) is 45.8 Å². The smallest absolute Gasteiger partial charge is 0.315 e. The van der Waals surface area contributed by atoms with Crippen molar-refractivity contribution in [2.45, 2.75) is 13.1 Å². The quantitative estimate of drug-likeness (QED) is 0.501. The largest absolute Gasteiger partial charge is 0.351 e. The van der Waals surface area contributed by atoms with Gasteiger partial charge in [-0.2, -0.15) is 10.4 Å². The Balaban J connectivity index is 1.82. The van der Waals surface area contributed by atoms with Gasteiger partial charge in [-0.15, -0.1) is 0 Å². The Labute approximate surface area is 202 Å². The number of nitriles is 1. The maximum atomic E-state index is 14.0. The van der Waals surface area contributed by atoms with E-state index >= 15 is 0 Å². The van der Waals surface area contributed by atoms with Crippen molar-refractivity contribution in [3.05, 3.63) is 68.0 Å². The number of carbonyl (C=O) groups excluding carboxylic acids is 2. The van der Waals surface area contributed by atoms with Crippen LogP contribution in [0, 0.1) is 17.1 Å². The number of urea groups is 1. The zero-order chi connectivity index (χ0) is 23.9. The Morgan fingerprint density at radius 2 is 1.82 bits per heavy atom. The molecular formula is C21H14Cl3FN6O2. The molecule has 2 aromatic carbocycles. The van der Waals surface area contributed by atoms with Crippen LogP contribution in [0.1, 0.15) is 21.6 Å². The molecule has 0 aliphatic carbocycles. The van der Waals surface area contributed by atoms with E-state index in [-0.39, 0.29) is 38.4 Å². The molecule has 0 atom stereocenters. The summed E-state index contributed by atoms with van der Waals surface area (Å²) < 4.78 is 15.6. The van der Waals surface area contributed by atoms with Crippen LogP contribution in [0.3, 0.4) is 0 Å². The SMILES string of the molecule is N#Cc1ccc(NC(=O)c2c(-c3cc(Cl)c(F)c(Cl)c3)nn3c2CN(C(N)=O)CC3)cc1Cl. The van der Waals surface area contributed by atoms with Crippen LogP contribution < -0.4 is 11.1 Å².